The van der Waals surface area contributed by atoms with Crippen molar-refractivity contribution in [3.05, 3.63) is 35.4 Å². The molecule has 4 nitrogen and oxygen atoms in total. The molecule has 1 aromatic rings. The lowest BCUT2D eigenvalue weighted by molar-refractivity contribution is -0.137. The number of carboxylic acid groups (broad SMARTS) is 1. The summed E-state index contributed by atoms with van der Waals surface area (Å²) in [6.07, 6.45) is 0.638. The number of carbonyl (C=O) groups is 1. The van der Waals surface area contributed by atoms with Gasteiger partial charge in [-0.25, -0.2) is 0 Å². The second-order valence-electron chi connectivity index (χ2n) is 4.53. The molecular formula is C14H21NO3. The van der Waals surface area contributed by atoms with Crippen LogP contribution in [0.4, 0.5) is 0 Å². The molecule has 1 atom stereocenters. The van der Waals surface area contributed by atoms with Crippen LogP contribution in [0.2, 0.25) is 0 Å². The van der Waals surface area contributed by atoms with Crippen molar-refractivity contribution in [1.29, 1.82) is 0 Å². The van der Waals surface area contributed by atoms with Crippen LogP contribution in [0.5, 0.6) is 0 Å². The summed E-state index contributed by atoms with van der Waals surface area (Å²) in [7, 11) is 0. The summed E-state index contributed by atoms with van der Waals surface area (Å²) in [5.41, 5.74) is 2.51. The summed E-state index contributed by atoms with van der Waals surface area (Å²) in [6, 6.07) is 8.32. The van der Waals surface area contributed by atoms with Gasteiger partial charge >= 0.3 is 5.97 Å². The number of aliphatic hydroxyl groups excluding tert-OH is 1. The van der Waals surface area contributed by atoms with Gasteiger partial charge in [-0.2, -0.15) is 0 Å². The number of aliphatic carboxylic acids is 1. The molecule has 0 aliphatic rings. The molecule has 4 heteroatoms. The van der Waals surface area contributed by atoms with Gasteiger partial charge in [-0.3, -0.25) is 4.79 Å². The van der Waals surface area contributed by atoms with E-state index in [2.05, 4.69) is 30.4 Å². The van der Waals surface area contributed by atoms with Crippen molar-refractivity contribution >= 4 is 5.97 Å². The van der Waals surface area contributed by atoms with Crippen molar-refractivity contribution < 1.29 is 15.0 Å². The summed E-state index contributed by atoms with van der Waals surface area (Å²) < 4.78 is 0. The van der Waals surface area contributed by atoms with Crippen LogP contribution in [0.3, 0.4) is 0 Å². The van der Waals surface area contributed by atoms with Crippen molar-refractivity contribution in [3.8, 4) is 0 Å². The van der Waals surface area contributed by atoms with Crippen LogP contribution in [0.1, 0.15) is 24.0 Å². The highest BCUT2D eigenvalue weighted by Crippen LogP contribution is 2.04. The lowest BCUT2D eigenvalue weighted by Gasteiger charge is -2.10. The average molecular weight is 251 g/mol. The van der Waals surface area contributed by atoms with E-state index in [1.54, 1.807) is 0 Å². The summed E-state index contributed by atoms with van der Waals surface area (Å²) in [5, 5.41) is 21.1. The predicted molar refractivity (Wildman–Crippen MR) is 70.6 cm³/mol. The smallest absolute Gasteiger partial charge is 0.303 e. The fraction of sp³-hybridized carbons (Fsp3) is 0.500. The van der Waals surface area contributed by atoms with E-state index in [0.717, 1.165) is 13.0 Å². The van der Waals surface area contributed by atoms with Gasteiger partial charge in [0.2, 0.25) is 0 Å². The normalized spacial score (nSPS) is 12.3. The SMILES string of the molecule is Cc1cccc(CCNCC(O)CCC(=O)O)c1. The molecule has 0 amide bonds. The first-order valence-electron chi connectivity index (χ1n) is 6.24. The molecule has 18 heavy (non-hydrogen) atoms. The lowest BCUT2D eigenvalue weighted by Crippen LogP contribution is -2.28. The summed E-state index contributed by atoms with van der Waals surface area (Å²) in [6.45, 7) is 3.29. The molecule has 100 valence electrons. The Morgan fingerprint density at radius 1 is 1.44 bits per heavy atom. The Balaban J connectivity index is 2.13. The third-order valence-electron chi connectivity index (χ3n) is 2.74. The Labute approximate surface area is 108 Å². The zero-order chi connectivity index (χ0) is 13.4. The van der Waals surface area contributed by atoms with Crippen molar-refractivity contribution in [2.45, 2.75) is 32.3 Å². The van der Waals surface area contributed by atoms with Crippen molar-refractivity contribution in [1.82, 2.24) is 5.32 Å². The summed E-state index contributed by atoms with van der Waals surface area (Å²) >= 11 is 0. The van der Waals surface area contributed by atoms with Crippen LogP contribution in [-0.2, 0) is 11.2 Å². The number of nitrogens with one attached hydrogen (secondary N) is 1. The third kappa shape index (κ3) is 6.37. The standard InChI is InChI=1S/C14H21NO3/c1-11-3-2-4-12(9-11)7-8-15-10-13(16)5-6-14(17)18/h2-4,9,13,15-16H,5-8,10H2,1H3,(H,17,18). The van der Waals surface area contributed by atoms with Gasteiger partial charge in [-0.15, -0.1) is 0 Å². The lowest BCUT2D eigenvalue weighted by atomic mass is 10.1. The highest BCUT2D eigenvalue weighted by Gasteiger charge is 2.06. The molecule has 0 radical (unpaired) electrons. The number of hydrogen-bond acceptors (Lipinski definition) is 3. The number of carboxylic acids is 1. The van der Waals surface area contributed by atoms with Crippen LogP contribution in [0.15, 0.2) is 24.3 Å². The van der Waals surface area contributed by atoms with E-state index in [1.165, 1.54) is 11.1 Å². The molecule has 0 saturated carbocycles. The molecule has 0 heterocycles. The van der Waals surface area contributed by atoms with Gasteiger partial charge in [0.05, 0.1) is 6.10 Å². The molecule has 0 aliphatic heterocycles. The van der Waals surface area contributed by atoms with Gasteiger partial charge in [-0.05, 0) is 31.9 Å². The fourth-order valence-corrected chi connectivity index (χ4v) is 1.76. The molecule has 1 aromatic carbocycles. The molecule has 1 rings (SSSR count). The Morgan fingerprint density at radius 2 is 2.22 bits per heavy atom. The average Bonchev–Trinajstić information content (AvgIpc) is 2.32. The molecule has 0 saturated heterocycles. The number of aliphatic hydroxyl groups is 1. The quantitative estimate of drug-likeness (QED) is 0.610. The minimum absolute atomic E-state index is 0.0146. The second kappa shape index (κ2) is 7.84. The summed E-state index contributed by atoms with van der Waals surface area (Å²) in [5.74, 6) is -0.867. The molecule has 0 aromatic heterocycles. The maximum Gasteiger partial charge on any atom is 0.303 e. The topological polar surface area (TPSA) is 69.6 Å². The first-order chi connectivity index (χ1) is 8.58. The van der Waals surface area contributed by atoms with E-state index >= 15 is 0 Å². The number of rotatable bonds is 8. The monoisotopic (exact) mass is 251 g/mol. The largest absolute Gasteiger partial charge is 0.481 e. The second-order valence-corrected chi connectivity index (χ2v) is 4.53. The molecule has 3 N–H and O–H groups in total. The fourth-order valence-electron chi connectivity index (χ4n) is 1.76. The maximum absolute atomic E-state index is 10.3. The molecule has 1 unspecified atom stereocenters. The van der Waals surface area contributed by atoms with Crippen molar-refractivity contribution in [2.75, 3.05) is 13.1 Å². The van der Waals surface area contributed by atoms with E-state index in [1.807, 2.05) is 6.07 Å². The first kappa shape index (κ1) is 14.7. The van der Waals surface area contributed by atoms with E-state index in [-0.39, 0.29) is 6.42 Å². The van der Waals surface area contributed by atoms with Gasteiger partial charge in [0, 0.05) is 13.0 Å². The third-order valence-corrected chi connectivity index (χ3v) is 2.74. The van der Waals surface area contributed by atoms with Gasteiger partial charge in [0.25, 0.3) is 0 Å². The zero-order valence-electron chi connectivity index (χ0n) is 10.7. The number of aryl methyl sites for hydroxylation is 1. The Kier molecular flexibility index (Phi) is 6.39. The van der Waals surface area contributed by atoms with Crippen molar-refractivity contribution in [3.63, 3.8) is 0 Å². The van der Waals surface area contributed by atoms with E-state index in [9.17, 15) is 9.90 Å². The van der Waals surface area contributed by atoms with Gasteiger partial charge in [0.15, 0.2) is 0 Å². The van der Waals surface area contributed by atoms with Gasteiger partial charge < -0.3 is 15.5 Å². The zero-order valence-corrected chi connectivity index (χ0v) is 10.7. The van der Waals surface area contributed by atoms with E-state index < -0.39 is 12.1 Å². The molecule has 0 aliphatic carbocycles. The van der Waals surface area contributed by atoms with Crippen LogP contribution >= 0.6 is 0 Å². The highest BCUT2D eigenvalue weighted by atomic mass is 16.4. The van der Waals surface area contributed by atoms with E-state index in [4.69, 9.17) is 5.11 Å². The Morgan fingerprint density at radius 3 is 2.89 bits per heavy atom. The van der Waals surface area contributed by atoms with Crippen LogP contribution in [0, 0.1) is 6.92 Å². The minimum atomic E-state index is -0.867. The summed E-state index contributed by atoms with van der Waals surface area (Å²) in [4.78, 5) is 10.3. The van der Waals surface area contributed by atoms with Gasteiger partial charge in [0.1, 0.15) is 0 Å². The first-order valence-corrected chi connectivity index (χ1v) is 6.24. The molecule has 0 bridgehead atoms. The molecule has 0 spiro atoms. The van der Waals surface area contributed by atoms with Gasteiger partial charge in [-0.1, -0.05) is 29.8 Å². The Bertz CT molecular complexity index is 379. The van der Waals surface area contributed by atoms with Crippen LogP contribution < -0.4 is 5.32 Å². The predicted octanol–water partition coefficient (Wildman–Crippen LogP) is 1.35. The van der Waals surface area contributed by atoms with Crippen LogP contribution in [0.25, 0.3) is 0 Å². The van der Waals surface area contributed by atoms with Crippen LogP contribution in [-0.4, -0.2) is 35.4 Å². The molecular weight excluding hydrogens is 230 g/mol. The highest BCUT2D eigenvalue weighted by molar-refractivity contribution is 5.66. The van der Waals surface area contributed by atoms with Crippen molar-refractivity contribution in [2.24, 2.45) is 0 Å². The molecule has 0 fully saturated rings. The maximum atomic E-state index is 10.3. The minimum Gasteiger partial charge on any atom is -0.481 e. The number of hydrogen-bond donors (Lipinski definition) is 3. The Hall–Kier alpha value is -1.39. The number of benzene rings is 1. The van der Waals surface area contributed by atoms with E-state index in [0.29, 0.717) is 13.0 Å².